The summed E-state index contributed by atoms with van der Waals surface area (Å²) in [6, 6.07) is 6.07. The van der Waals surface area contributed by atoms with Gasteiger partial charge in [0.25, 0.3) is 0 Å². The van der Waals surface area contributed by atoms with Crippen molar-refractivity contribution in [1.82, 2.24) is 0 Å². The summed E-state index contributed by atoms with van der Waals surface area (Å²) in [5.41, 5.74) is 1.16. The first-order valence-corrected chi connectivity index (χ1v) is 7.06. The first-order valence-electron chi connectivity index (χ1n) is 5.84. The van der Waals surface area contributed by atoms with Crippen molar-refractivity contribution >= 4 is 23.4 Å². The molecule has 3 nitrogen and oxygen atoms in total. The van der Waals surface area contributed by atoms with E-state index in [9.17, 15) is 9.90 Å². The third-order valence-corrected chi connectivity index (χ3v) is 4.03. The zero-order chi connectivity index (χ0) is 12.4. The minimum absolute atomic E-state index is 0.404. The molecule has 92 valence electrons. The number of carboxylic acid groups (broad SMARTS) is 1. The molecule has 0 aromatic heterocycles. The average Bonchev–Trinajstić information content (AvgIpc) is 3.06. The van der Waals surface area contributed by atoms with Crippen LogP contribution in [0.15, 0.2) is 23.1 Å². The molecule has 0 saturated heterocycles. The van der Waals surface area contributed by atoms with E-state index in [0.717, 1.165) is 23.4 Å². The highest BCUT2D eigenvalue weighted by atomic mass is 32.2. The van der Waals surface area contributed by atoms with Crippen LogP contribution in [0.3, 0.4) is 0 Å². The van der Waals surface area contributed by atoms with Crippen molar-refractivity contribution in [3.8, 4) is 0 Å². The van der Waals surface area contributed by atoms with Crippen LogP contribution >= 0.6 is 11.8 Å². The van der Waals surface area contributed by atoms with Gasteiger partial charge in [0.1, 0.15) is 0 Å². The van der Waals surface area contributed by atoms with E-state index >= 15 is 0 Å². The Hall–Kier alpha value is -1.16. The predicted octanol–water partition coefficient (Wildman–Crippen LogP) is 3.32. The fourth-order valence-electron chi connectivity index (χ4n) is 2.12. The topological polar surface area (TPSA) is 49.3 Å². The van der Waals surface area contributed by atoms with Crippen LogP contribution in [0.2, 0.25) is 0 Å². The van der Waals surface area contributed by atoms with Crippen molar-refractivity contribution in [3.05, 3.63) is 23.8 Å². The lowest BCUT2D eigenvalue weighted by atomic mass is 10.1. The van der Waals surface area contributed by atoms with Crippen LogP contribution in [0, 0.1) is 5.92 Å². The van der Waals surface area contributed by atoms with Gasteiger partial charge < -0.3 is 10.4 Å². The Bertz CT molecular complexity index is 433. The zero-order valence-corrected chi connectivity index (χ0v) is 10.9. The predicted molar refractivity (Wildman–Crippen MR) is 71.0 cm³/mol. The standard InChI is InChI=1S/C13H17NO2S/c1-3-8-7-10(8)14-9-5-4-6-11(17-2)12(9)13(15)16/h4-6,8,10,14H,3,7H2,1-2H3,(H,15,16). The highest BCUT2D eigenvalue weighted by molar-refractivity contribution is 7.98. The van der Waals surface area contributed by atoms with Crippen LogP contribution < -0.4 is 5.32 Å². The van der Waals surface area contributed by atoms with Crippen molar-refractivity contribution in [2.24, 2.45) is 5.92 Å². The van der Waals surface area contributed by atoms with Gasteiger partial charge in [0, 0.05) is 10.9 Å². The lowest BCUT2D eigenvalue weighted by molar-refractivity contribution is 0.0694. The van der Waals surface area contributed by atoms with Crippen LogP contribution in [0.25, 0.3) is 0 Å². The Morgan fingerprint density at radius 1 is 1.59 bits per heavy atom. The van der Waals surface area contributed by atoms with Crippen molar-refractivity contribution < 1.29 is 9.90 Å². The van der Waals surface area contributed by atoms with E-state index in [1.54, 1.807) is 0 Å². The molecule has 0 aliphatic heterocycles. The van der Waals surface area contributed by atoms with Gasteiger partial charge in [-0.25, -0.2) is 4.79 Å². The molecule has 1 saturated carbocycles. The molecule has 0 bridgehead atoms. The van der Waals surface area contributed by atoms with Crippen molar-refractivity contribution in [2.75, 3.05) is 11.6 Å². The number of carbonyl (C=O) groups is 1. The van der Waals surface area contributed by atoms with E-state index in [-0.39, 0.29) is 0 Å². The van der Waals surface area contributed by atoms with Gasteiger partial charge in [-0.05, 0) is 30.7 Å². The van der Waals surface area contributed by atoms with E-state index in [4.69, 9.17) is 0 Å². The maximum atomic E-state index is 11.3. The minimum Gasteiger partial charge on any atom is -0.478 e. The summed E-state index contributed by atoms with van der Waals surface area (Å²) in [4.78, 5) is 12.1. The summed E-state index contributed by atoms with van der Waals surface area (Å²) in [6.07, 6.45) is 4.21. The van der Waals surface area contributed by atoms with Crippen LogP contribution in [0.5, 0.6) is 0 Å². The van der Waals surface area contributed by atoms with Crippen LogP contribution in [-0.4, -0.2) is 23.4 Å². The Morgan fingerprint density at radius 3 is 2.88 bits per heavy atom. The van der Waals surface area contributed by atoms with E-state index in [2.05, 4.69) is 12.2 Å². The lowest BCUT2D eigenvalue weighted by Gasteiger charge is -2.12. The molecular weight excluding hydrogens is 234 g/mol. The smallest absolute Gasteiger partial charge is 0.338 e. The largest absolute Gasteiger partial charge is 0.478 e. The number of rotatable bonds is 5. The fourth-order valence-corrected chi connectivity index (χ4v) is 2.73. The Balaban J connectivity index is 2.24. The van der Waals surface area contributed by atoms with Gasteiger partial charge in [0.2, 0.25) is 0 Å². The van der Waals surface area contributed by atoms with Gasteiger partial charge in [0.05, 0.1) is 11.3 Å². The van der Waals surface area contributed by atoms with Gasteiger partial charge in [-0.15, -0.1) is 11.8 Å². The number of anilines is 1. The molecule has 1 aromatic rings. The minimum atomic E-state index is -0.855. The highest BCUT2D eigenvalue weighted by Gasteiger charge is 2.35. The molecule has 2 N–H and O–H groups in total. The second-order valence-corrected chi connectivity index (χ2v) is 5.19. The fraction of sp³-hybridized carbons (Fsp3) is 0.462. The second-order valence-electron chi connectivity index (χ2n) is 4.34. The van der Waals surface area contributed by atoms with Crippen LogP contribution in [0.4, 0.5) is 5.69 Å². The molecule has 0 heterocycles. The van der Waals surface area contributed by atoms with Crippen molar-refractivity contribution in [3.63, 3.8) is 0 Å². The summed E-state index contributed by atoms with van der Waals surface area (Å²) in [5, 5.41) is 12.6. The number of hydrogen-bond donors (Lipinski definition) is 2. The molecule has 17 heavy (non-hydrogen) atoms. The molecule has 0 radical (unpaired) electrons. The SMILES string of the molecule is CCC1CC1Nc1cccc(SC)c1C(=O)O. The number of nitrogens with one attached hydrogen (secondary N) is 1. The van der Waals surface area contributed by atoms with Crippen LogP contribution in [-0.2, 0) is 0 Å². The summed E-state index contributed by atoms with van der Waals surface area (Å²) < 4.78 is 0. The Labute approximate surface area is 106 Å². The number of aromatic carboxylic acids is 1. The summed E-state index contributed by atoms with van der Waals surface area (Å²) in [6.45, 7) is 2.17. The monoisotopic (exact) mass is 251 g/mol. The van der Waals surface area contributed by atoms with Crippen molar-refractivity contribution in [1.29, 1.82) is 0 Å². The van der Waals surface area contributed by atoms with Gasteiger partial charge >= 0.3 is 5.97 Å². The molecule has 0 spiro atoms. The number of thioether (sulfide) groups is 1. The van der Waals surface area contributed by atoms with E-state index in [1.165, 1.54) is 11.8 Å². The highest BCUT2D eigenvalue weighted by Crippen LogP contribution is 2.38. The van der Waals surface area contributed by atoms with Gasteiger partial charge in [0.15, 0.2) is 0 Å². The molecular formula is C13H17NO2S. The molecule has 2 atom stereocenters. The molecule has 2 rings (SSSR count). The van der Waals surface area contributed by atoms with E-state index in [1.807, 2.05) is 24.5 Å². The zero-order valence-electron chi connectivity index (χ0n) is 10.1. The molecule has 1 aliphatic carbocycles. The summed E-state index contributed by atoms with van der Waals surface area (Å²) >= 11 is 1.47. The van der Waals surface area contributed by atoms with Crippen LogP contribution in [0.1, 0.15) is 30.1 Å². The molecule has 2 unspecified atom stereocenters. The molecule has 1 fully saturated rings. The normalized spacial score (nSPS) is 22.2. The number of hydrogen-bond acceptors (Lipinski definition) is 3. The van der Waals surface area contributed by atoms with Crippen molar-refractivity contribution in [2.45, 2.75) is 30.7 Å². The third kappa shape index (κ3) is 2.57. The number of carboxylic acids is 1. The molecule has 4 heteroatoms. The Morgan fingerprint density at radius 2 is 2.35 bits per heavy atom. The maximum Gasteiger partial charge on any atom is 0.338 e. The van der Waals surface area contributed by atoms with Gasteiger partial charge in [-0.2, -0.15) is 0 Å². The second kappa shape index (κ2) is 5.00. The Kier molecular flexibility index (Phi) is 3.62. The molecule has 1 aliphatic rings. The van der Waals surface area contributed by atoms with E-state index < -0.39 is 5.97 Å². The average molecular weight is 251 g/mol. The third-order valence-electron chi connectivity index (χ3n) is 3.25. The first-order chi connectivity index (χ1) is 8.17. The summed E-state index contributed by atoms with van der Waals surface area (Å²) in [7, 11) is 0. The summed E-state index contributed by atoms with van der Waals surface area (Å²) in [5.74, 6) is -0.152. The first kappa shape index (κ1) is 12.3. The molecule has 0 amide bonds. The van der Waals surface area contributed by atoms with Gasteiger partial charge in [-0.1, -0.05) is 19.4 Å². The van der Waals surface area contributed by atoms with Gasteiger partial charge in [-0.3, -0.25) is 0 Å². The number of benzene rings is 1. The van der Waals surface area contributed by atoms with E-state index in [0.29, 0.717) is 17.5 Å². The quantitative estimate of drug-likeness (QED) is 0.788. The molecule has 1 aromatic carbocycles. The maximum absolute atomic E-state index is 11.3. The lowest BCUT2D eigenvalue weighted by Crippen LogP contribution is -2.10.